The molecular formula is C18H25ClFN3O. The standard InChI is InChI=1S/C18H24FN3O.ClH/c19-15-5-6-16-17(9-15)23-18(21-16)14-4-2-8-22(12-14)11-13-3-1-7-20-10-13;/h5-6,9,13-14,20H,1-4,7-8,10-12H2;1H. The van der Waals surface area contributed by atoms with Gasteiger partial charge in [0.1, 0.15) is 11.3 Å². The molecule has 2 aliphatic rings. The Morgan fingerprint density at radius 3 is 3.04 bits per heavy atom. The lowest BCUT2D eigenvalue weighted by Gasteiger charge is -2.35. The number of halogens is 2. The van der Waals surface area contributed by atoms with Crippen LogP contribution in [-0.4, -0.2) is 42.6 Å². The molecule has 2 atom stereocenters. The number of likely N-dealkylation sites (tertiary alicyclic amines) is 1. The van der Waals surface area contributed by atoms with E-state index in [1.54, 1.807) is 6.07 Å². The highest BCUT2D eigenvalue weighted by Gasteiger charge is 2.27. The number of benzene rings is 1. The zero-order valence-electron chi connectivity index (χ0n) is 13.8. The van der Waals surface area contributed by atoms with Crippen LogP contribution in [0.3, 0.4) is 0 Å². The van der Waals surface area contributed by atoms with E-state index in [1.807, 2.05) is 0 Å². The van der Waals surface area contributed by atoms with Gasteiger partial charge in [-0.15, -0.1) is 12.4 Å². The smallest absolute Gasteiger partial charge is 0.199 e. The van der Waals surface area contributed by atoms with Crippen LogP contribution in [0.1, 0.15) is 37.5 Å². The van der Waals surface area contributed by atoms with E-state index in [1.165, 1.54) is 51.0 Å². The van der Waals surface area contributed by atoms with Crippen molar-refractivity contribution in [2.24, 2.45) is 5.92 Å². The first-order chi connectivity index (χ1) is 11.3. The Morgan fingerprint density at radius 2 is 2.21 bits per heavy atom. The third-order valence-corrected chi connectivity index (χ3v) is 5.14. The van der Waals surface area contributed by atoms with Gasteiger partial charge in [-0.25, -0.2) is 9.37 Å². The molecule has 1 aromatic heterocycles. The molecule has 3 heterocycles. The second kappa shape index (κ2) is 7.81. The van der Waals surface area contributed by atoms with Crippen LogP contribution in [0.15, 0.2) is 22.6 Å². The van der Waals surface area contributed by atoms with Crippen molar-refractivity contribution >= 4 is 23.5 Å². The predicted octanol–water partition coefficient (Wildman–Crippen LogP) is 3.57. The minimum absolute atomic E-state index is 0. The first-order valence-corrected chi connectivity index (χ1v) is 8.77. The average molecular weight is 354 g/mol. The maximum atomic E-state index is 13.3. The molecule has 0 saturated carbocycles. The maximum absolute atomic E-state index is 13.3. The second-order valence-electron chi connectivity index (χ2n) is 6.98. The van der Waals surface area contributed by atoms with Crippen molar-refractivity contribution in [1.82, 2.24) is 15.2 Å². The van der Waals surface area contributed by atoms with Crippen molar-refractivity contribution in [3.63, 3.8) is 0 Å². The van der Waals surface area contributed by atoms with Crippen molar-refractivity contribution in [3.8, 4) is 0 Å². The summed E-state index contributed by atoms with van der Waals surface area (Å²) in [5, 5.41) is 3.50. The minimum Gasteiger partial charge on any atom is -0.440 e. The summed E-state index contributed by atoms with van der Waals surface area (Å²) in [4.78, 5) is 7.14. The van der Waals surface area contributed by atoms with Crippen molar-refractivity contribution < 1.29 is 8.81 Å². The molecule has 0 aliphatic carbocycles. The van der Waals surface area contributed by atoms with Gasteiger partial charge in [-0.05, 0) is 63.4 Å². The van der Waals surface area contributed by atoms with Crippen molar-refractivity contribution in [3.05, 3.63) is 29.9 Å². The molecule has 24 heavy (non-hydrogen) atoms. The predicted molar refractivity (Wildman–Crippen MR) is 95.2 cm³/mol. The van der Waals surface area contributed by atoms with Gasteiger partial charge in [0, 0.05) is 25.1 Å². The molecular weight excluding hydrogens is 329 g/mol. The fraction of sp³-hybridized carbons (Fsp3) is 0.611. The molecule has 2 fully saturated rings. The molecule has 0 spiro atoms. The van der Waals surface area contributed by atoms with E-state index in [4.69, 9.17) is 4.42 Å². The highest BCUT2D eigenvalue weighted by Crippen LogP contribution is 2.30. The van der Waals surface area contributed by atoms with Crippen LogP contribution >= 0.6 is 12.4 Å². The molecule has 0 radical (unpaired) electrons. The van der Waals surface area contributed by atoms with Crippen LogP contribution < -0.4 is 5.32 Å². The third kappa shape index (κ3) is 3.90. The van der Waals surface area contributed by atoms with Gasteiger partial charge in [0.25, 0.3) is 0 Å². The van der Waals surface area contributed by atoms with Crippen LogP contribution in [0.25, 0.3) is 11.1 Å². The quantitative estimate of drug-likeness (QED) is 0.916. The Labute approximate surface area is 148 Å². The summed E-state index contributed by atoms with van der Waals surface area (Å²) in [7, 11) is 0. The summed E-state index contributed by atoms with van der Waals surface area (Å²) in [5.41, 5.74) is 1.32. The molecule has 2 saturated heterocycles. The van der Waals surface area contributed by atoms with Gasteiger partial charge in [0.2, 0.25) is 0 Å². The van der Waals surface area contributed by atoms with Crippen molar-refractivity contribution in [2.75, 3.05) is 32.7 Å². The second-order valence-corrected chi connectivity index (χ2v) is 6.98. The molecule has 2 aromatic rings. The lowest BCUT2D eigenvalue weighted by molar-refractivity contribution is 0.157. The topological polar surface area (TPSA) is 41.3 Å². The summed E-state index contributed by atoms with van der Waals surface area (Å²) in [5.74, 6) is 1.60. The normalized spacial score (nSPS) is 25.5. The first kappa shape index (κ1) is 17.6. The van der Waals surface area contributed by atoms with Gasteiger partial charge in [0.15, 0.2) is 11.5 Å². The van der Waals surface area contributed by atoms with Gasteiger partial charge >= 0.3 is 0 Å². The van der Waals surface area contributed by atoms with Crippen molar-refractivity contribution in [2.45, 2.75) is 31.6 Å². The zero-order valence-corrected chi connectivity index (χ0v) is 14.7. The first-order valence-electron chi connectivity index (χ1n) is 8.77. The number of nitrogens with one attached hydrogen (secondary N) is 1. The largest absolute Gasteiger partial charge is 0.440 e. The van der Waals surface area contributed by atoms with E-state index < -0.39 is 0 Å². The van der Waals surface area contributed by atoms with E-state index in [0.29, 0.717) is 11.5 Å². The molecule has 2 aliphatic heterocycles. The van der Waals surface area contributed by atoms with Crippen LogP contribution in [0.4, 0.5) is 4.39 Å². The molecule has 0 amide bonds. The van der Waals surface area contributed by atoms with E-state index in [9.17, 15) is 4.39 Å². The summed E-state index contributed by atoms with van der Waals surface area (Å²) in [6.07, 6.45) is 4.90. The average Bonchev–Trinajstić information content (AvgIpc) is 2.99. The minimum atomic E-state index is -0.268. The number of hydrogen-bond donors (Lipinski definition) is 1. The van der Waals surface area contributed by atoms with E-state index >= 15 is 0 Å². The SMILES string of the molecule is Cl.Fc1ccc2nc(C3CCCN(CC4CCCNC4)C3)oc2c1. The summed E-state index contributed by atoms with van der Waals surface area (Å²) >= 11 is 0. The molecule has 132 valence electrons. The number of hydrogen-bond acceptors (Lipinski definition) is 4. The molecule has 1 N–H and O–H groups in total. The fourth-order valence-electron chi connectivity index (χ4n) is 3.96. The Morgan fingerprint density at radius 1 is 1.29 bits per heavy atom. The summed E-state index contributed by atoms with van der Waals surface area (Å²) < 4.78 is 19.1. The number of fused-ring (bicyclic) bond motifs is 1. The molecule has 4 rings (SSSR count). The Kier molecular flexibility index (Phi) is 5.74. The van der Waals surface area contributed by atoms with E-state index in [0.717, 1.165) is 36.8 Å². The van der Waals surface area contributed by atoms with E-state index in [2.05, 4.69) is 15.2 Å². The van der Waals surface area contributed by atoms with Gasteiger partial charge in [0.05, 0.1) is 0 Å². The molecule has 4 nitrogen and oxygen atoms in total. The molecule has 6 heteroatoms. The molecule has 0 bridgehead atoms. The summed E-state index contributed by atoms with van der Waals surface area (Å²) in [6, 6.07) is 4.57. The molecule has 1 aromatic carbocycles. The number of aromatic nitrogens is 1. The van der Waals surface area contributed by atoms with Gasteiger partial charge in [-0.2, -0.15) is 0 Å². The van der Waals surface area contributed by atoms with Crippen LogP contribution in [0.5, 0.6) is 0 Å². The fourth-order valence-corrected chi connectivity index (χ4v) is 3.96. The zero-order chi connectivity index (χ0) is 15.6. The van der Waals surface area contributed by atoms with Gasteiger partial charge in [-0.3, -0.25) is 0 Å². The Hall–Kier alpha value is -1.17. The highest BCUT2D eigenvalue weighted by molar-refractivity contribution is 5.85. The van der Waals surface area contributed by atoms with Crippen LogP contribution in [0.2, 0.25) is 0 Å². The van der Waals surface area contributed by atoms with Crippen LogP contribution in [-0.2, 0) is 0 Å². The maximum Gasteiger partial charge on any atom is 0.199 e. The van der Waals surface area contributed by atoms with Crippen molar-refractivity contribution in [1.29, 1.82) is 0 Å². The summed E-state index contributed by atoms with van der Waals surface area (Å²) in [6.45, 7) is 5.65. The van der Waals surface area contributed by atoms with E-state index in [-0.39, 0.29) is 18.2 Å². The third-order valence-electron chi connectivity index (χ3n) is 5.14. The highest BCUT2D eigenvalue weighted by atomic mass is 35.5. The number of rotatable bonds is 3. The monoisotopic (exact) mass is 353 g/mol. The Bertz CT molecular complexity index is 671. The number of piperidine rings is 2. The Balaban J connectivity index is 0.00000169. The van der Waals surface area contributed by atoms with Gasteiger partial charge in [-0.1, -0.05) is 0 Å². The van der Waals surface area contributed by atoms with Gasteiger partial charge < -0.3 is 14.6 Å². The lowest BCUT2D eigenvalue weighted by atomic mass is 9.94. The lowest BCUT2D eigenvalue weighted by Crippen LogP contribution is -2.42. The number of nitrogens with zero attached hydrogens (tertiary/aromatic N) is 2. The molecule has 2 unspecified atom stereocenters. The number of oxazole rings is 1. The van der Waals surface area contributed by atoms with Crippen LogP contribution in [0, 0.1) is 11.7 Å².